The molecule has 1 aromatic heterocycles. The second-order valence-corrected chi connectivity index (χ2v) is 5.43. The molecule has 3 N–H and O–H groups in total. The number of nitrogens with two attached hydrogens (primary N) is 1. The summed E-state index contributed by atoms with van der Waals surface area (Å²) in [5.74, 6) is 0. The van der Waals surface area contributed by atoms with Gasteiger partial charge in [0.25, 0.3) is 0 Å². The smallest absolute Gasteiger partial charge is 0.0423 e. The summed E-state index contributed by atoms with van der Waals surface area (Å²) >= 11 is 0. The van der Waals surface area contributed by atoms with Crippen LogP contribution in [-0.4, -0.2) is 35.6 Å². The number of benzene rings is 1. The largest absolute Gasteiger partial charge is 0.398 e. The molecule has 2 heterocycles. The molecule has 0 spiro atoms. The summed E-state index contributed by atoms with van der Waals surface area (Å²) in [4.78, 5) is 6.71. The molecule has 1 aliphatic rings. The summed E-state index contributed by atoms with van der Waals surface area (Å²) in [7, 11) is 0. The van der Waals surface area contributed by atoms with Crippen LogP contribution in [0.4, 0.5) is 11.4 Å². The lowest BCUT2D eigenvalue weighted by Crippen LogP contribution is -2.34. The molecule has 0 saturated carbocycles. The first-order chi connectivity index (χ1) is 9.79. The van der Waals surface area contributed by atoms with Crippen LogP contribution in [0.5, 0.6) is 0 Å². The average molecular weight is 270 g/mol. The van der Waals surface area contributed by atoms with Crippen molar-refractivity contribution >= 4 is 22.1 Å². The Morgan fingerprint density at radius 2 is 2.25 bits per heavy atom. The number of likely N-dealkylation sites (N-methyl/N-ethyl adjacent to an activating group) is 1. The highest BCUT2D eigenvalue weighted by atomic mass is 15.2. The third-order valence-electron chi connectivity index (χ3n) is 4.29. The van der Waals surface area contributed by atoms with Crippen LogP contribution in [0.3, 0.4) is 0 Å². The van der Waals surface area contributed by atoms with Gasteiger partial charge >= 0.3 is 0 Å². The van der Waals surface area contributed by atoms with E-state index in [1.165, 1.54) is 19.4 Å². The maximum atomic E-state index is 6.01. The van der Waals surface area contributed by atoms with Crippen LogP contribution in [0.1, 0.15) is 19.8 Å². The van der Waals surface area contributed by atoms with Crippen LogP contribution in [0, 0.1) is 0 Å². The van der Waals surface area contributed by atoms with Crippen molar-refractivity contribution in [3.8, 4) is 0 Å². The third-order valence-corrected chi connectivity index (χ3v) is 4.29. The minimum atomic E-state index is 0.648. The van der Waals surface area contributed by atoms with Crippen molar-refractivity contribution in [3.05, 3.63) is 30.6 Å². The third kappa shape index (κ3) is 2.43. The summed E-state index contributed by atoms with van der Waals surface area (Å²) in [6.07, 6.45) is 6.26. The van der Waals surface area contributed by atoms with Crippen molar-refractivity contribution in [1.82, 2.24) is 9.88 Å². The lowest BCUT2D eigenvalue weighted by molar-refractivity contribution is 0.277. The number of nitrogens with zero attached hydrogens (tertiary/aromatic N) is 2. The topological polar surface area (TPSA) is 54.2 Å². The summed E-state index contributed by atoms with van der Waals surface area (Å²) in [6, 6.07) is 6.70. The van der Waals surface area contributed by atoms with Crippen LogP contribution in [-0.2, 0) is 0 Å². The minimum absolute atomic E-state index is 0.648. The van der Waals surface area contributed by atoms with Crippen molar-refractivity contribution in [2.45, 2.75) is 25.8 Å². The zero-order chi connectivity index (χ0) is 13.9. The second-order valence-electron chi connectivity index (χ2n) is 5.43. The van der Waals surface area contributed by atoms with Crippen LogP contribution >= 0.6 is 0 Å². The van der Waals surface area contributed by atoms with Gasteiger partial charge in [0.15, 0.2) is 0 Å². The number of fused-ring (bicyclic) bond motifs is 1. The molecule has 0 bridgehead atoms. The van der Waals surface area contributed by atoms with Gasteiger partial charge in [0, 0.05) is 47.1 Å². The highest BCUT2D eigenvalue weighted by molar-refractivity contribution is 6.00. The number of rotatable bonds is 4. The van der Waals surface area contributed by atoms with Gasteiger partial charge in [-0.15, -0.1) is 0 Å². The maximum Gasteiger partial charge on any atom is 0.0423 e. The molecule has 1 aliphatic heterocycles. The number of hydrogen-bond acceptors (Lipinski definition) is 4. The van der Waals surface area contributed by atoms with Crippen LogP contribution < -0.4 is 11.1 Å². The van der Waals surface area contributed by atoms with Gasteiger partial charge in [0.2, 0.25) is 0 Å². The number of pyridine rings is 1. The Bertz CT molecular complexity index is 596. The molecule has 106 valence electrons. The molecule has 1 fully saturated rings. The molecule has 1 unspecified atom stereocenters. The van der Waals surface area contributed by atoms with Gasteiger partial charge in [-0.05, 0) is 44.1 Å². The van der Waals surface area contributed by atoms with E-state index in [0.717, 1.165) is 35.2 Å². The fraction of sp³-hybridized carbons (Fsp3) is 0.438. The lowest BCUT2D eigenvalue weighted by Gasteiger charge is -2.23. The first kappa shape index (κ1) is 13.2. The fourth-order valence-electron chi connectivity index (χ4n) is 3.14. The SMILES string of the molecule is CCN1CCCC1CNc1ccc(N)c2cnccc12. The Labute approximate surface area is 120 Å². The standard InChI is InChI=1S/C16H22N4/c1-2-20-9-3-4-12(20)10-19-16-6-5-15(17)14-11-18-8-7-13(14)16/h5-8,11-12,19H,2-4,9-10,17H2,1H3. The second kappa shape index (κ2) is 5.67. The van der Waals surface area contributed by atoms with E-state index in [4.69, 9.17) is 5.73 Å². The summed E-state index contributed by atoms with van der Waals surface area (Å²) in [5, 5.41) is 5.77. The van der Waals surface area contributed by atoms with Gasteiger partial charge in [-0.2, -0.15) is 0 Å². The monoisotopic (exact) mass is 270 g/mol. The van der Waals surface area contributed by atoms with Crippen molar-refractivity contribution < 1.29 is 0 Å². The van der Waals surface area contributed by atoms with Gasteiger partial charge in [-0.1, -0.05) is 6.92 Å². The number of anilines is 2. The zero-order valence-electron chi connectivity index (χ0n) is 12.0. The molecule has 2 aromatic rings. The van der Waals surface area contributed by atoms with Crippen molar-refractivity contribution in [1.29, 1.82) is 0 Å². The van der Waals surface area contributed by atoms with E-state index < -0.39 is 0 Å². The molecular formula is C16H22N4. The number of likely N-dealkylation sites (tertiary alicyclic amines) is 1. The van der Waals surface area contributed by atoms with Gasteiger partial charge < -0.3 is 11.1 Å². The first-order valence-electron chi connectivity index (χ1n) is 7.39. The van der Waals surface area contributed by atoms with Gasteiger partial charge in [-0.3, -0.25) is 9.88 Å². The maximum absolute atomic E-state index is 6.01. The molecule has 0 aliphatic carbocycles. The van der Waals surface area contributed by atoms with Gasteiger partial charge in [0.05, 0.1) is 0 Å². The van der Waals surface area contributed by atoms with E-state index in [0.29, 0.717) is 6.04 Å². The molecule has 1 aromatic carbocycles. The number of nitrogens with one attached hydrogen (secondary N) is 1. The summed E-state index contributed by atoms with van der Waals surface area (Å²) in [6.45, 7) is 5.60. The quantitative estimate of drug-likeness (QED) is 0.839. The average Bonchev–Trinajstić information content (AvgIpc) is 2.94. The van der Waals surface area contributed by atoms with Gasteiger partial charge in [-0.25, -0.2) is 0 Å². The minimum Gasteiger partial charge on any atom is -0.398 e. The molecular weight excluding hydrogens is 248 g/mol. The Kier molecular flexibility index (Phi) is 3.74. The molecule has 1 saturated heterocycles. The molecule has 0 amide bonds. The molecule has 1 atom stereocenters. The molecule has 20 heavy (non-hydrogen) atoms. The zero-order valence-corrected chi connectivity index (χ0v) is 12.0. The normalized spacial score (nSPS) is 19.6. The van der Waals surface area contributed by atoms with E-state index >= 15 is 0 Å². The number of hydrogen-bond donors (Lipinski definition) is 2. The summed E-state index contributed by atoms with van der Waals surface area (Å²) < 4.78 is 0. The molecule has 4 nitrogen and oxygen atoms in total. The Hall–Kier alpha value is -1.81. The van der Waals surface area contributed by atoms with Crippen LogP contribution in [0.2, 0.25) is 0 Å². The van der Waals surface area contributed by atoms with Crippen molar-refractivity contribution in [2.75, 3.05) is 30.7 Å². The molecule has 4 heteroatoms. The van der Waals surface area contributed by atoms with Crippen LogP contribution in [0.15, 0.2) is 30.6 Å². The molecule has 0 radical (unpaired) electrons. The Morgan fingerprint density at radius 1 is 1.35 bits per heavy atom. The summed E-state index contributed by atoms with van der Waals surface area (Å²) in [5.41, 5.74) is 7.95. The lowest BCUT2D eigenvalue weighted by atomic mass is 10.1. The fourth-order valence-corrected chi connectivity index (χ4v) is 3.14. The highest BCUT2D eigenvalue weighted by Crippen LogP contribution is 2.28. The van der Waals surface area contributed by atoms with Crippen molar-refractivity contribution in [2.24, 2.45) is 0 Å². The van der Waals surface area contributed by atoms with E-state index in [2.05, 4.69) is 28.2 Å². The predicted molar refractivity (Wildman–Crippen MR) is 84.9 cm³/mol. The van der Waals surface area contributed by atoms with Gasteiger partial charge in [0.1, 0.15) is 0 Å². The van der Waals surface area contributed by atoms with E-state index in [1.807, 2.05) is 24.5 Å². The first-order valence-corrected chi connectivity index (χ1v) is 7.39. The number of nitrogen functional groups attached to an aromatic ring is 1. The predicted octanol–water partition coefficient (Wildman–Crippen LogP) is 2.71. The van der Waals surface area contributed by atoms with E-state index in [1.54, 1.807) is 0 Å². The highest BCUT2D eigenvalue weighted by Gasteiger charge is 2.22. The van der Waals surface area contributed by atoms with E-state index in [9.17, 15) is 0 Å². The van der Waals surface area contributed by atoms with Crippen molar-refractivity contribution in [3.63, 3.8) is 0 Å². The van der Waals surface area contributed by atoms with E-state index in [-0.39, 0.29) is 0 Å². The van der Waals surface area contributed by atoms with Crippen LogP contribution in [0.25, 0.3) is 10.8 Å². The molecule has 3 rings (SSSR count). The Morgan fingerprint density at radius 3 is 3.10 bits per heavy atom. The number of aromatic nitrogens is 1. The Balaban J connectivity index is 1.79.